The first kappa shape index (κ1) is 13.1. The largest absolute Gasteiger partial charge is 0.395 e. The minimum atomic E-state index is -1.12. The maximum Gasteiger partial charge on any atom is 0.185 e. The van der Waals surface area contributed by atoms with Crippen LogP contribution in [0.25, 0.3) is 0 Å². The van der Waals surface area contributed by atoms with Crippen molar-refractivity contribution in [3.63, 3.8) is 0 Å². The Balaban J connectivity index is 4.11. The van der Waals surface area contributed by atoms with Gasteiger partial charge in [0.25, 0.3) is 0 Å². The highest BCUT2D eigenvalue weighted by molar-refractivity contribution is 6.55. The predicted molar refractivity (Wildman–Crippen MR) is 59.5 cm³/mol. The molecule has 3 heteroatoms. The van der Waals surface area contributed by atoms with E-state index in [1.807, 2.05) is 0 Å². The minimum Gasteiger partial charge on any atom is -0.395 e. The summed E-state index contributed by atoms with van der Waals surface area (Å²) >= 11 is 0. The first-order valence-electron chi connectivity index (χ1n) is 5.13. The maximum atomic E-state index is 5.98. The van der Waals surface area contributed by atoms with Crippen LogP contribution < -0.4 is 0 Å². The van der Waals surface area contributed by atoms with E-state index in [9.17, 15) is 0 Å². The van der Waals surface area contributed by atoms with Gasteiger partial charge in [-0.3, -0.25) is 0 Å². The van der Waals surface area contributed by atoms with Crippen molar-refractivity contribution in [2.75, 3.05) is 7.11 Å². The number of hydrogen-bond donors (Lipinski definition) is 0. The van der Waals surface area contributed by atoms with Crippen LogP contribution in [0.15, 0.2) is 0 Å². The fourth-order valence-corrected chi connectivity index (χ4v) is 3.91. The lowest BCUT2D eigenvalue weighted by atomic mass is 10.2. The van der Waals surface area contributed by atoms with Crippen molar-refractivity contribution in [1.82, 2.24) is 0 Å². The van der Waals surface area contributed by atoms with Crippen LogP contribution in [0.2, 0.25) is 11.1 Å². The van der Waals surface area contributed by atoms with E-state index in [2.05, 4.69) is 34.6 Å². The monoisotopic (exact) mass is 204 g/mol. The van der Waals surface area contributed by atoms with E-state index >= 15 is 0 Å². The molecule has 80 valence electrons. The molecule has 0 rings (SSSR count). The van der Waals surface area contributed by atoms with Crippen molar-refractivity contribution in [3.05, 3.63) is 0 Å². The molecular weight excluding hydrogens is 180 g/mol. The third-order valence-corrected chi connectivity index (χ3v) is 5.55. The van der Waals surface area contributed by atoms with Crippen LogP contribution >= 0.6 is 0 Å². The molecule has 0 aliphatic carbocycles. The average Bonchev–Trinajstić information content (AvgIpc) is 2.04. The van der Waals surface area contributed by atoms with E-state index in [0.717, 1.165) is 6.42 Å². The fraction of sp³-hybridized carbons (Fsp3) is 1.00. The first-order chi connectivity index (χ1) is 5.95. The van der Waals surface area contributed by atoms with E-state index in [1.54, 1.807) is 7.11 Å². The first-order valence-corrected chi connectivity index (χ1v) is 7.00. The molecule has 0 radical (unpaired) electrons. The van der Waals surface area contributed by atoms with Gasteiger partial charge in [0.05, 0.1) is 0 Å². The molecule has 0 aromatic heterocycles. The van der Waals surface area contributed by atoms with Crippen LogP contribution in [0, 0.1) is 0 Å². The van der Waals surface area contributed by atoms with Gasteiger partial charge in [0.15, 0.2) is 9.04 Å². The molecular formula is C10H24O2Si. The van der Waals surface area contributed by atoms with E-state index in [-0.39, 0.29) is 6.29 Å². The lowest BCUT2D eigenvalue weighted by molar-refractivity contribution is -0.0603. The highest BCUT2D eigenvalue weighted by Crippen LogP contribution is 2.30. The molecule has 2 atom stereocenters. The quantitative estimate of drug-likeness (QED) is 0.506. The fourth-order valence-electron chi connectivity index (χ4n) is 1.41. The highest BCUT2D eigenvalue weighted by Gasteiger charge is 2.28. The van der Waals surface area contributed by atoms with Crippen LogP contribution in [0.5, 0.6) is 0 Å². The molecule has 13 heavy (non-hydrogen) atoms. The van der Waals surface area contributed by atoms with Gasteiger partial charge in [0.2, 0.25) is 0 Å². The van der Waals surface area contributed by atoms with E-state index in [4.69, 9.17) is 9.16 Å². The van der Waals surface area contributed by atoms with Gasteiger partial charge in [0, 0.05) is 7.11 Å². The van der Waals surface area contributed by atoms with Crippen molar-refractivity contribution in [2.45, 2.75) is 58.4 Å². The lowest BCUT2D eigenvalue weighted by Gasteiger charge is -2.31. The van der Waals surface area contributed by atoms with Gasteiger partial charge in [0.1, 0.15) is 6.29 Å². The number of methoxy groups -OCH3 is 1. The average molecular weight is 204 g/mol. The molecule has 0 heterocycles. The Morgan fingerprint density at radius 2 is 1.77 bits per heavy atom. The zero-order valence-corrected chi connectivity index (χ0v) is 11.0. The van der Waals surface area contributed by atoms with Gasteiger partial charge in [-0.15, -0.1) is 0 Å². The zero-order chi connectivity index (χ0) is 10.5. The second-order valence-electron chi connectivity index (χ2n) is 4.47. The van der Waals surface area contributed by atoms with Crippen molar-refractivity contribution in [3.8, 4) is 0 Å². The summed E-state index contributed by atoms with van der Waals surface area (Å²) < 4.78 is 11.2. The normalized spacial score (nSPS) is 17.1. The van der Waals surface area contributed by atoms with Gasteiger partial charge in [-0.25, -0.2) is 0 Å². The van der Waals surface area contributed by atoms with Crippen molar-refractivity contribution in [1.29, 1.82) is 0 Å². The van der Waals surface area contributed by atoms with Crippen LogP contribution in [-0.4, -0.2) is 22.4 Å². The molecule has 2 nitrogen and oxygen atoms in total. The molecule has 0 saturated heterocycles. The lowest BCUT2D eigenvalue weighted by Crippen LogP contribution is -2.33. The predicted octanol–water partition coefficient (Wildman–Crippen LogP) is 2.93. The van der Waals surface area contributed by atoms with E-state index in [0.29, 0.717) is 5.04 Å². The van der Waals surface area contributed by atoms with Crippen molar-refractivity contribution in [2.24, 2.45) is 0 Å². The van der Waals surface area contributed by atoms with Crippen LogP contribution in [0.1, 0.15) is 41.0 Å². The van der Waals surface area contributed by atoms with Crippen LogP contribution in [0.4, 0.5) is 0 Å². The molecule has 0 bridgehead atoms. The van der Waals surface area contributed by atoms with Gasteiger partial charge in [-0.05, 0) is 17.5 Å². The summed E-state index contributed by atoms with van der Waals surface area (Å²) in [4.78, 5) is 0. The molecule has 0 amide bonds. The highest BCUT2D eigenvalue weighted by atomic mass is 28.3. The molecule has 2 unspecified atom stereocenters. The summed E-state index contributed by atoms with van der Waals surface area (Å²) in [5.41, 5.74) is 0. The minimum absolute atomic E-state index is 0.0100. The molecule has 0 aliphatic heterocycles. The van der Waals surface area contributed by atoms with Crippen molar-refractivity contribution >= 4 is 9.04 Å². The number of ether oxygens (including phenoxy) is 1. The third-order valence-electron chi connectivity index (χ3n) is 2.25. The standard InChI is InChI=1S/C10H24O2Si/c1-7-9(11-6)12-13(8-2)10(3,4)5/h9,13H,7-8H2,1-6H3. The summed E-state index contributed by atoms with van der Waals surface area (Å²) in [5, 5.41) is 0.334. The molecule has 0 spiro atoms. The Morgan fingerprint density at radius 1 is 1.23 bits per heavy atom. The van der Waals surface area contributed by atoms with E-state index in [1.165, 1.54) is 6.04 Å². The van der Waals surface area contributed by atoms with E-state index < -0.39 is 9.04 Å². The Bertz CT molecular complexity index is 127. The molecule has 0 aromatic rings. The topological polar surface area (TPSA) is 18.5 Å². The third kappa shape index (κ3) is 4.79. The summed E-state index contributed by atoms with van der Waals surface area (Å²) in [6, 6.07) is 1.17. The molecule has 0 aromatic carbocycles. The Labute approximate surface area is 84.4 Å². The molecule has 0 fully saturated rings. The number of hydrogen-bond acceptors (Lipinski definition) is 2. The van der Waals surface area contributed by atoms with Gasteiger partial charge >= 0.3 is 0 Å². The molecule has 0 N–H and O–H groups in total. The summed E-state index contributed by atoms with van der Waals surface area (Å²) in [5.74, 6) is 0. The number of rotatable bonds is 5. The Kier molecular flexibility index (Phi) is 5.84. The van der Waals surface area contributed by atoms with Gasteiger partial charge in [-0.1, -0.05) is 34.6 Å². The maximum absolute atomic E-state index is 5.98. The van der Waals surface area contributed by atoms with Gasteiger partial charge < -0.3 is 9.16 Å². The SMILES string of the molecule is CCC(OC)O[SiH](CC)C(C)(C)C. The molecule has 0 saturated carbocycles. The molecule has 0 aliphatic rings. The summed E-state index contributed by atoms with van der Waals surface area (Å²) in [7, 11) is 0.601. The smallest absolute Gasteiger partial charge is 0.185 e. The second-order valence-corrected chi connectivity index (χ2v) is 8.27. The summed E-state index contributed by atoms with van der Waals surface area (Å²) in [6.07, 6.45) is 0.951. The van der Waals surface area contributed by atoms with Crippen LogP contribution in [0.3, 0.4) is 0 Å². The van der Waals surface area contributed by atoms with Gasteiger partial charge in [-0.2, -0.15) is 0 Å². The Morgan fingerprint density at radius 3 is 2.00 bits per heavy atom. The van der Waals surface area contributed by atoms with Crippen molar-refractivity contribution < 1.29 is 9.16 Å². The Hall–Kier alpha value is 0.137. The zero-order valence-electron chi connectivity index (χ0n) is 9.89. The second kappa shape index (κ2) is 5.78. The van der Waals surface area contributed by atoms with Crippen LogP contribution in [-0.2, 0) is 9.16 Å². The summed E-state index contributed by atoms with van der Waals surface area (Å²) in [6.45, 7) is 11.1.